The number of hydrogen-bond acceptors (Lipinski definition) is 6. The number of sulfonamides is 1. The number of halogens is 1. The number of rotatable bonds is 5. The Hall–Kier alpha value is -2.78. The number of aromatic nitrogens is 2. The maximum Gasteiger partial charge on any atom is 0.250 e. The van der Waals surface area contributed by atoms with Gasteiger partial charge in [0.1, 0.15) is 5.82 Å². The fourth-order valence-corrected chi connectivity index (χ4v) is 5.74. The standard InChI is InChI=1S/C22H23FN4O3S/c23-17-7-5-16(6-8-17)21-24-25-22(30-21)19-15-18(31(28,29)27-13-3-4-14-27)9-10-20(19)26-11-1-2-12-26/h5-10,15H,1-4,11-14H2. The first kappa shape index (κ1) is 20.1. The minimum Gasteiger partial charge on any atom is -0.416 e. The minimum atomic E-state index is -3.58. The van der Waals surface area contributed by atoms with Gasteiger partial charge in [0.2, 0.25) is 21.8 Å². The maximum absolute atomic E-state index is 13.2. The monoisotopic (exact) mass is 442 g/mol. The van der Waals surface area contributed by atoms with E-state index in [0.717, 1.165) is 44.5 Å². The molecular formula is C22H23FN4O3S. The summed E-state index contributed by atoms with van der Waals surface area (Å²) in [5, 5.41) is 8.30. The summed E-state index contributed by atoms with van der Waals surface area (Å²) in [7, 11) is -3.58. The second-order valence-corrected chi connectivity index (χ2v) is 9.84. The van der Waals surface area contributed by atoms with Crippen molar-refractivity contribution in [2.24, 2.45) is 0 Å². The van der Waals surface area contributed by atoms with Gasteiger partial charge in [-0.25, -0.2) is 12.8 Å². The van der Waals surface area contributed by atoms with Gasteiger partial charge in [-0.05, 0) is 68.1 Å². The van der Waals surface area contributed by atoms with Gasteiger partial charge in [0.05, 0.1) is 10.5 Å². The van der Waals surface area contributed by atoms with Gasteiger partial charge in [-0.15, -0.1) is 10.2 Å². The van der Waals surface area contributed by atoms with E-state index in [2.05, 4.69) is 15.1 Å². The van der Waals surface area contributed by atoms with Gasteiger partial charge in [-0.2, -0.15) is 4.31 Å². The average molecular weight is 443 g/mol. The normalized spacial score (nSPS) is 17.5. The summed E-state index contributed by atoms with van der Waals surface area (Å²) >= 11 is 0. The predicted molar refractivity (Wildman–Crippen MR) is 115 cm³/mol. The van der Waals surface area contributed by atoms with Crippen LogP contribution < -0.4 is 4.90 Å². The Morgan fingerprint density at radius 3 is 2.19 bits per heavy atom. The van der Waals surface area contributed by atoms with Crippen LogP contribution >= 0.6 is 0 Å². The Morgan fingerprint density at radius 1 is 0.839 bits per heavy atom. The van der Waals surface area contributed by atoms with Gasteiger partial charge in [0.15, 0.2) is 0 Å². The van der Waals surface area contributed by atoms with Gasteiger partial charge >= 0.3 is 0 Å². The summed E-state index contributed by atoms with van der Waals surface area (Å²) in [6, 6.07) is 11.0. The molecule has 2 aromatic carbocycles. The van der Waals surface area contributed by atoms with E-state index < -0.39 is 10.0 Å². The van der Waals surface area contributed by atoms with Crippen LogP contribution in [0.5, 0.6) is 0 Å². The molecule has 9 heteroatoms. The zero-order valence-electron chi connectivity index (χ0n) is 17.0. The molecule has 0 spiro atoms. The van der Waals surface area contributed by atoms with Crippen LogP contribution in [0.15, 0.2) is 51.8 Å². The molecule has 31 heavy (non-hydrogen) atoms. The van der Waals surface area contributed by atoms with Crippen LogP contribution in [0.25, 0.3) is 22.9 Å². The Bertz CT molecular complexity index is 1180. The molecule has 0 saturated carbocycles. The summed E-state index contributed by atoms with van der Waals surface area (Å²) in [5.41, 5.74) is 2.08. The molecule has 3 heterocycles. The largest absolute Gasteiger partial charge is 0.416 e. The van der Waals surface area contributed by atoms with Crippen molar-refractivity contribution in [3.8, 4) is 22.9 Å². The average Bonchev–Trinajstić information content (AvgIpc) is 3.56. The van der Waals surface area contributed by atoms with E-state index in [4.69, 9.17) is 4.42 Å². The Labute approximate surface area is 180 Å². The van der Waals surface area contributed by atoms with Crippen molar-refractivity contribution in [3.05, 3.63) is 48.3 Å². The maximum atomic E-state index is 13.2. The van der Waals surface area contributed by atoms with Crippen LogP contribution in [0.2, 0.25) is 0 Å². The predicted octanol–water partition coefficient (Wildman–Crippen LogP) is 3.93. The van der Waals surface area contributed by atoms with Crippen molar-refractivity contribution in [2.75, 3.05) is 31.1 Å². The van der Waals surface area contributed by atoms with Gasteiger partial charge in [0, 0.05) is 37.4 Å². The smallest absolute Gasteiger partial charge is 0.250 e. The first-order valence-corrected chi connectivity index (χ1v) is 12.0. The quantitative estimate of drug-likeness (QED) is 0.596. The lowest BCUT2D eigenvalue weighted by Gasteiger charge is -2.22. The van der Waals surface area contributed by atoms with Crippen molar-refractivity contribution < 1.29 is 17.2 Å². The third-order valence-electron chi connectivity index (χ3n) is 5.86. The third kappa shape index (κ3) is 3.83. The first-order chi connectivity index (χ1) is 15.0. The molecule has 0 atom stereocenters. The molecule has 0 N–H and O–H groups in total. The molecule has 2 aliphatic heterocycles. The zero-order chi connectivity index (χ0) is 21.4. The molecule has 0 unspecified atom stereocenters. The molecule has 0 amide bonds. The third-order valence-corrected chi connectivity index (χ3v) is 7.76. The van der Waals surface area contributed by atoms with E-state index in [1.165, 1.54) is 16.4 Å². The highest BCUT2D eigenvalue weighted by atomic mass is 32.2. The van der Waals surface area contributed by atoms with Gasteiger partial charge in [-0.3, -0.25) is 0 Å². The van der Waals surface area contributed by atoms with Crippen molar-refractivity contribution in [2.45, 2.75) is 30.6 Å². The summed E-state index contributed by atoms with van der Waals surface area (Å²) in [4.78, 5) is 2.44. The second-order valence-electron chi connectivity index (χ2n) is 7.90. The SMILES string of the molecule is O=S(=O)(c1ccc(N2CCCC2)c(-c2nnc(-c3ccc(F)cc3)o2)c1)N1CCCC1. The molecule has 2 fully saturated rings. The summed E-state index contributed by atoms with van der Waals surface area (Å²) in [6.07, 6.45) is 3.92. The van der Waals surface area contributed by atoms with Crippen molar-refractivity contribution in [1.82, 2.24) is 14.5 Å². The highest BCUT2D eigenvalue weighted by Crippen LogP contribution is 2.36. The zero-order valence-corrected chi connectivity index (χ0v) is 17.8. The molecule has 162 valence electrons. The topological polar surface area (TPSA) is 79.5 Å². The highest BCUT2D eigenvalue weighted by Gasteiger charge is 2.29. The highest BCUT2D eigenvalue weighted by molar-refractivity contribution is 7.89. The number of anilines is 1. The number of nitrogens with zero attached hydrogens (tertiary/aromatic N) is 4. The Balaban J connectivity index is 1.57. The van der Waals surface area contributed by atoms with Crippen molar-refractivity contribution >= 4 is 15.7 Å². The van der Waals surface area contributed by atoms with Crippen LogP contribution in [0, 0.1) is 5.82 Å². The summed E-state index contributed by atoms with van der Waals surface area (Å²) in [6.45, 7) is 2.87. The Kier molecular flexibility index (Phi) is 5.23. The molecular weight excluding hydrogens is 419 g/mol. The first-order valence-electron chi connectivity index (χ1n) is 10.5. The lowest BCUT2D eigenvalue weighted by atomic mass is 10.1. The van der Waals surface area contributed by atoms with E-state index in [-0.39, 0.29) is 22.5 Å². The molecule has 0 bridgehead atoms. The van der Waals surface area contributed by atoms with Crippen LogP contribution in [0.4, 0.5) is 10.1 Å². The molecule has 2 saturated heterocycles. The van der Waals surface area contributed by atoms with E-state index >= 15 is 0 Å². The molecule has 2 aliphatic rings. The fraction of sp³-hybridized carbons (Fsp3) is 0.364. The second kappa shape index (κ2) is 8.05. The van der Waals surface area contributed by atoms with Gasteiger partial charge < -0.3 is 9.32 Å². The summed E-state index contributed by atoms with van der Waals surface area (Å²) in [5.74, 6) is 0.162. The van der Waals surface area contributed by atoms with E-state index in [1.54, 1.807) is 24.3 Å². The molecule has 3 aromatic rings. The fourth-order valence-electron chi connectivity index (χ4n) is 4.20. The van der Waals surface area contributed by atoms with E-state index in [9.17, 15) is 12.8 Å². The van der Waals surface area contributed by atoms with E-state index in [1.807, 2.05) is 6.07 Å². The van der Waals surface area contributed by atoms with Crippen LogP contribution in [-0.2, 0) is 10.0 Å². The molecule has 5 rings (SSSR count). The minimum absolute atomic E-state index is 0.230. The number of benzene rings is 2. The number of hydrogen-bond donors (Lipinski definition) is 0. The van der Waals surface area contributed by atoms with Gasteiger partial charge in [-0.1, -0.05) is 0 Å². The van der Waals surface area contributed by atoms with Crippen molar-refractivity contribution in [3.63, 3.8) is 0 Å². The molecule has 7 nitrogen and oxygen atoms in total. The molecule has 0 aliphatic carbocycles. The molecule has 1 aromatic heterocycles. The molecule has 0 radical (unpaired) electrons. The van der Waals surface area contributed by atoms with Gasteiger partial charge in [0.25, 0.3) is 0 Å². The summed E-state index contributed by atoms with van der Waals surface area (Å²) < 4.78 is 46.9. The van der Waals surface area contributed by atoms with Crippen LogP contribution in [-0.4, -0.2) is 49.1 Å². The van der Waals surface area contributed by atoms with Crippen LogP contribution in [0.3, 0.4) is 0 Å². The van der Waals surface area contributed by atoms with Crippen molar-refractivity contribution in [1.29, 1.82) is 0 Å². The van der Waals surface area contributed by atoms with Crippen LogP contribution in [0.1, 0.15) is 25.7 Å². The lowest BCUT2D eigenvalue weighted by Crippen LogP contribution is -2.28. The Morgan fingerprint density at radius 2 is 1.48 bits per heavy atom. The van der Waals surface area contributed by atoms with E-state index in [0.29, 0.717) is 24.2 Å². The lowest BCUT2D eigenvalue weighted by molar-refractivity contribution is 0.477.